The Hall–Kier alpha value is -1.66. The maximum atomic E-state index is 5.42. The molecular weight excluding hydrogens is 531 g/mol. The minimum absolute atomic E-state index is 0.797. The van der Waals surface area contributed by atoms with Crippen LogP contribution >= 0.6 is 11.3 Å². The first-order valence-electron chi connectivity index (χ1n) is 12.6. The maximum absolute atomic E-state index is 5.42. The average Bonchev–Trinajstić information content (AvgIpc) is 3.54. The second-order valence-electron chi connectivity index (χ2n) is 9.24. The van der Waals surface area contributed by atoms with E-state index in [0.717, 1.165) is 21.8 Å². The summed E-state index contributed by atoms with van der Waals surface area (Å²) >= 11 is -0.578. The normalized spacial score (nSPS) is 12.0. The van der Waals surface area contributed by atoms with Crippen molar-refractivity contribution >= 4 is 43.5 Å². The van der Waals surface area contributed by atoms with E-state index >= 15 is 0 Å². The fourth-order valence-corrected chi connectivity index (χ4v) is 22.1. The van der Waals surface area contributed by atoms with E-state index in [2.05, 4.69) is 68.2 Å². The van der Waals surface area contributed by atoms with Crippen molar-refractivity contribution in [3.63, 3.8) is 0 Å². The van der Waals surface area contributed by atoms with Crippen molar-refractivity contribution < 1.29 is 4.42 Å². The van der Waals surface area contributed by atoms with Gasteiger partial charge in [0.2, 0.25) is 0 Å². The summed E-state index contributed by atoms with van der Waals surface area (Å²) in [7, 11) is 0. The standard InChI is InChI=1S/C16H9N2OS.3C4H9.Sn/c1-2-4-15-13(3-1)18-16(20-15)12-7-5-11(6-8-12)14-9-17-10-19-14;3*1-3-4-2;/h1,3-10H;3*1,3-4H2,2H3;. The molecule has 0 atom stereocenters. The fourth-order valence-electron chi connectivity index (χ4n) is 4.87. The van der Waals surface area contributed by atoms with Gasteiger partial charge in [0.1, 0.15) is 0 Å². The van der Waals surface area contributed by atoms with E-state index < -0.39 is 18.4 Å². The number of aromatic nitrogens is 2. The molecule has 0 aliphatic rings. The topological polar surface area (TPSA) is 38.9 Å². The van der Waals surface area contributed by atoms with E-state index in [-0.39, 0.29) is 0 Å². The molecule has 0 amide bonds. The van der Waals surface area contributed by atoms with Crippen LogP contribution in [0.15, 0.2) is 59.5 Å². The Morgan fingerprint density at radius 3 is 2.03 bits per heavy atom. The third kappa shape index (κ3) is 5.71. The van der Waals surface area contributed by atoms with Crippen molar-refractivity contribution in [1.82, 2.24) is 9.97 Å². The molecule has 5 heteroatoms. The van der Waals surface area contributed by atoms with E-state index in [9.17, 15) is 0 Å². The molecule has 0 fully saturated rings. The first-order chi connectivity index (χ1) is 16.2. The Bertz CT molecular complexity index is 1110. The zero-order chi connectivity index (χ0) is 23.1. The Morgan fingerprint density at radius 2 is 1.45 bits per heavy atom. The fraction of sp³-hybridized carbons (Fsp3) is 0.429. The number of hydrogen-bond donors (Lipinski definition) is 0. The summed E-state index contributed by atoms with van der Waals surface area (Å²) in [5.41, 5.74) is 3.35. The van der Waals surface area contributed by atoms with Crippen molar-refractivity contribution in [1.29, 1.82) is 0 Å². The Kier molecular flexibility index (Phi) is 8.64. The van der Waals surface area contributed by atoms with Crippen molar-refractivity contribution in [2.24, 2.45) is 0 Å². The number of fused-ring (bicyclic) bond motifs is 1. The average molecular weight is 567 g/mol. The third-order valence-corrected chi connectivity index (χ3v) is 23.5. The Morgan fingerprint density at radius 1 is 0.818 bits per heavy atom. The van der Waals surface area contributed by atoms with Crippen molar-refractivity contribution in [2.75, 3.05) is 0 Å². The molecule has 0 bridgehead atoms. The van der Waals surface area contributed by atoms with Crippen LogP contribution < -0.4 is 3.58 Å². The van der Waals surface area contributed by atoms with Crippen molar-refractivity contribution in [3.8, 4) is 21.9 Å². The SMILES string of the molecule is CCC[CH2][Sn]([CH2]CCC)([CH2]CCC)[c]1ccc2nc(-c3ccc(-c4cnco4)cc3)sc2c1. The first-order valence-corrected chi connectivity index (χ1v) is 20.9. The summed E-state index contributed by atoms with van der Waals surface area (Å²) in [6, 6.07) is 15.8. The molecule has 0 aliphatic heterocycles. The van der Waals surface area contributed by atoms with Crippen LogP contribution in [0.2, 0.25) is 13.3 Å². The van der Waals surface area contributed by atoms with E-state index in [1.807, 2.05) is 11.3 Å². The van der Waals surface area contributed by atoms with Gasteiger partial charge in [-0.05, 0) is 0 Å². The quantitative estimate of drug-likeness (QED) is 0.161. The molecule has 2 aromatic heterocycles. The molecule has 33 heavy (non-hydrogen) atoms. The van der Waals surface area contributed by atoms with Crippen LogP contribution in [-0.2, 0) is 0 Å². The van der Waals surface area contributed by atoms with Crippen LogP contribution in [0.25, 0.3) is 32.1 Å². The number of thiazole rings is 1. The van der Waals surface area contributed by atoms with Crippen molar-refractivity contribution in [2.45, 2.75) is 72.6 Å². The van der Waals surface area contributed by atoms with Gasteiger partial charge < -0.3 is 0 Å². The molecule has 0 N–H and O–H groups in total. The number of nitrogens with zero attached hydrogens (tertiary/aromatic N) is 2. The summed E-state index contributed by atoms with van der Waals surface area (Å²) in [6.07, 6.45) is 11.4. The minimum atomic E-state index is -2.42. The molecule has 0 aliphatic carbocycles. The molecule has 4 aromatic rings. The Labute approximate surface area is 206 Å². The van der Waals surface area contributed by atoms with E-state index in [1.165, 1.54) is 68.5 Å². The van der Waals surface area contributed by atoms with Crippen LogP contribution in [0.3, 0.4) is 0 Å². The molecule has 174 valence electrons. The van der Waals surface area contributed by atoms with Crippen molar-refractivity contribution in [3.05, 3.63) is 55.1 Å². The molecule has 4 rings (SSSR count). The van der Waals surface area contributed by atoms with Gasteiger partial charge in [-0.2, -0.15) is 0 Å². The molecule has 0 radical (unpaired) electrons. The molecule has 0 unspecified atom stereocenters. The van der Waals surface area contributed by atoms with Crippen LogP contribution in [0.4, 0.5) is 0 Å². The number of hydrogen-bond acceptors (Lipinski definition) is 4. The predicted octanol–water partition coefficient (Wildman–Crippen LogP) is 8.67. The van der Waals surface area contributed by atoms with Gasteiger partial charge in [-0.15, -0.1) is 0 Å². The zero-order valence-corrected chi connectivity index (χ0v) is 23.9. The third-order valence-electron chi connectivity index (χ3n) is 6.88. The molecule has 0 spiro atoms. The van der Waals surface area contributed by atoms with E-state index in [0.29, 0.717) is 0 Å². The number of benzene rings is 2. The molecule has 0 saturated heterocycles. The van der Waals surface area contributed by atoms with Gasteiger partial charge in [0.05, 0.1) is 0 Å². The van der Waals surface area contributed by atoms with Gasteiger partial charge in [0.15, 0.2) is 0 Å². The summed E-state index contributed by atoms with van der Waals surface area (Å²) in [4.78, 5) is 9.01. The second kappa shape index (κ2) is 11.7. The van der Waals surface area contributed by atoms with Crippen LogP contribution in [0.1, 0.15) is 59.3 Å². The number of unbranched alkanes of at least 4 members (excludes halogenated alkanes) is 3. The number of oxazole rings is 1. The van der Waals surface area contributed by atoms with Gasteiger partial charge in [-0.25, -0.2) is 0 Å². The predicted molar refractivity (Wildman–Crippen MR) is 145 cm³/mol. The molecule has 2 heterocycles. The van der Waals surface area contributed by atoms with Gasteiger partial charge in [0.25, 0.3) is 0 Å². The van der Waals surface area contributed by atoms with Gasteiger partial charge in [-0.1, -0.05) is 0 Å². The van der Waals surface area contributed by atoms with Crippen LogP contribution in [-0.4, -0.2) is 28.3 Å². The van der Waals surface area contributed by atoms with Gasteiger partial charge in [-0.3, -0.25) is 0 Å². The summed E-state index contributed by atoms with van der Waals surface area (Å²) in [5, 5.41) is 1.10. The monoisotopic (exact) mass is 568 g/mol. The molecule has 0 saturated carbocycles. The van der Waals surface area contributed by atoms with Crippen LogP contribution in [0, 0.1) is 0 Å². The molecule has 3 nitrogen and oxygen atoms in total. The van der Waals surface area contributed by atoms with Gasteiger partial charge in [0, 0.05) is 0 Å². The zero-order valence-electron chi connectivity index (χ0n) is 20.3. The second-order valence-corrected chi connectivity index (χ2v) is 23.5. The summed E-state index contributed by atoms with van der Waals surface area (Å²) in [6.45, 7) is 7.05. The Balaban J connectivity index is 1.66. The first kappa shape index (κ1) is 24.5. The van der Waals surface area contributed by atoms with Crippen LogP contribution in [0.5, 0.6) is 0 Å². The summed E-state index contributed by atoms with van der Waals surface area (Å²) in [5.74, 6) is 0.797. The molecular formula is C28H36N2OSSn. The number of rotatable bonds is 12. The van der Waals surface area contributed by atoms with E-state index in [4.69, 9.17) is 9.40 Å². The summed E-state index contributed by atoms with van der Waals surface area (Å²) < 4.78 is 13.0. The van der Waals surface area contributed by atoms with Gasteiger partial charge >= 0.3 is 207 Å². The van der Waals surface area contributed by atoms with E-state index in [1.54, 1.807) is 9.78 Å². The molecule has 2 aromatic carbocycles.